The van der Waals surface area contributed by atoms with Gasteiger partial charge in [-0.05, 0) is 13.3 Å². The molecule has 0 spiro atoms. The highest BCUT2D eigenvalue weighted by atomic mass is 16.5. The van der Waals surface area contributed by atoms with Crippen LogP contribution in [0, 0.1) is 0 Å². The number of hydrogen-bond acceptors (Lipinski definition) is 3. The number of aromatic nitrogens is 2. The van der Waals surface area contributed by atoms with Crippen molar-refractivity contribution in [3.8, 4) is 0 Å². The monoisotopic (exact) mass is 196 g/mol. The van der Waals surface area contributed by atoms with Crippen LogP contribution >= 0.6 is 0 Å². The zero-order chi connectivity index (χ0) is 10.4. The SMILES string of the molecule is CCOC(=O)CCCc1nccn1C. The average Bonchev–Trinajstić information content (AvgIpc) is 2.52. The lowest BCUT2D eigenvalue weighted by molar-refractivity contribution is -0.143. The van der Waals surface area contributed by atoms with Crippen molar-refractivity contribution in [1.29, 1.82) is 0 Å². The minimum Gasteiger partial charge on any atom is -0.466 e. The summed E-state index contributed by atoms with van der Waals surface area (Å²) in [6.45, 7) is 2.28. The van der Waals surface area contributed by atoms with Gasteiger partial charge in [-0.15, -0.1) is 0 Å². The van der Waals surface area contributed by atoms with Crippen molar-refractivity contribution >= 4 is 5.97 Å². The molecule has 0 N–H and O–H groups in total. The molecule has 0 saturated carbocycles. The summed E-state index contributed by atoms with van der Waals surface area (Å²) in [7, 11) is 1.95. The number of hydrogen-bond donors (Lipinski definition) is 0. The second-order valence-corrected chi connectivity index (χ2v) is 3.11. The van der Waals surface area contributed by atoms with Crippen LogP contribution in [-0.2, 0) is 23.0 Å². The second-order valence-electron chi connectivity index (χ2n) is 3.11. The smallest absolute Gasteiger partial charge is 0.305 e. The van der Waals surface area contributed by atoms with E-state index in [4.69, 9.17) is 4.74 Å². The molecule has 0 amide bonds. The van der Waals surface area contributed by atoms with E-state index in [2.05, 4.69) is 4.98 Å². The van der Waals surface area contributed by atoms with Crippen LogP contribution in [0.5, 0.6) is 0 Å². The van der Waals surface area contributed by atoms with Gasteiger partial charge in [-0.2, -0.15) is 0 Å². The predicted molar refractivity (Wildman–Crippen MR) is 52.8 cm³/mol. The Hall–Kier alpha value is -1.32. The summed E-state index contributed by atoms with van der Waals surface area (Å²) in [5.74, 6) is 0.885. The van der Waals surface area contributed by atoms with Crippen molar-refractivity contribution < 1.29 is 9.53 Å². The van der Waals surface area contributed by atoms with Crippen molar-refractivity contribution in [2.45, 2.75) is 26.2 Å². The number of nitrogens with zero attached hydrogens (tertiary/aromatic N) is 2. The normalized spacial score (nSPS) is 10.1. The van der Waals surface area contributed by atoms with E-state index >= 15 is 0 Å². The fraction of sp³-hybridized carbons (Fsp3) is 0.600. The quantitative estimate of drug-likeness (QED) is 0.667. The highest BCUT2D eigenvalue weighted by Crippen LogP contribution is 2.02. The number of rotatable bonds is 5. The standard InChI is InChI=1S/C10H16N2O2/c1-3-14-10(13)6-4-5-9-11-7-8-12(9)2/h7-8H,3-6H2,1-2H3. The van der Waals surface area contributed by atoms with Crippen LogP contribution in [0.25, 0.3) is 0 Å². The fourth-order valence-corrected chi connectivity index (χ4v) is 1.26. The maximum absolute atomic E-state index is 11.0. The molecule has 0 aliphatic heterocycles. The predicted octanol–water partition coefficient (Wildman–Crippen LogP) is 1.31. The lowest BCUT2D eigenvalue weighted by Crippen LogP contribution is -2.05. The maximum Gasteiger partial charge on any atom is 0.305 e. The van der Waals surface area contributed by atoms with E-state index in [9.17, 15) is 4.79 Å². The van der Waals surface area contributed by atoms with Crippen molar-refractivity contribution in [2.24, 2.45) is 7.05 Å². The van der Waals surface area contributed by atoms with Gasteiger partial charge in [-0.1, -0.05) is 0 Å². The second kappa shape index (κ2) is 5.42. The molecule has 0 bridgehead atoms. The van der Waals surface area contributed by atoms with Crippen molar-refractivity contribution in [1.82, 2.24) is 9.55 Å². The van der Waals surface area contributed by atoms with E-state index in [-0.39, 0.29) is 5.97 Å². The molecule has 0 aliphatic rings. The van der Waals surface area contributed by atoms with Gasteiger partial charge >= 0.3 is 5.97 Å². The summed E-state index contributed by atoms with van der Waals surface area (Å²) in [6, 6.07) is 0. The summed E-state index contributed by atoms with van der Waals surface area (Å²) >= 11 is 0. The molecule has 0 fully saturated rings. The lowest BCUT2D eigenvalue weighted by atomic mass is 10.2. The molecule has 0 aromatic carbocycles. The van der Waals surface area contributed by atoms with E-state index in [1.807, 2.05) is 24.7 Å². The van der Waals surface area contributed by atoms with Gasteiger partial charge in [-0.25, -0.2) is 4.98 Å². The van der Waals surface area contributed by atoms with Gasteiger partial charge in [0.25, 0.3) is 0 Å². The molecule has 0 atom stereocenters. The Labute approximate surface area is 83.9 Å². The molecule has 14 heavy (non-hydrogen) atoms. The summed E-state index contributed by atoms with van der Waals surface area (Å²) in [5.41, 5.74) is 0. The molecule has 78 valence electrons. The summed E-state index contributed by atoms with van der Waals surface area (Å²) < 4.78 is 6.79. The highest BCUT2D eigenvalue weighted by molar-refractivity contribution is 5.69. The van der Waals surface area contributed by atoms with Gasteiger partial charge < -0.3 is 9.30 Å². The zero-order valence-corrected chi connectivity index (χ0v) is 8.69. The first-order valence-electron chi connectivity index (χ1n) is 4.86. The van der Waals surface area contributed by atoms with Gasteiger partial charge in [0.2, 0.25) is 0 Å². The Kier molecular flexibility index (Phi) is 4.16. The number of aryl methyl sites for hydroxylation is 2. The number of carbonyl (C=O) groups is 1. The molecule has 0 aliphatic carbocycles. The van der Waals surface area contributed by atoms with Crippen LogP contribution in [0.15, 0.2) is 12.4 Å². The summed E-state index contributed by atoms with van der Waals surface area (Å²) in [4.78, 5) is 15.2. The Balaban J connectivity index is 2.22. The van der Waals surface area contributed by atoms with Crippen LogP contribution in [-0.4, -0.2) is 22.1 Å². The summed E-state index contributed by atoms with van der Waals surface area (Å²) in [5, 5.41) is 0. The fourth-order valence-electron chi connectivity index (χ4n) is 1.26. The van der Waals surface area contributed by atoms with Crippen LogP contribution < -0.4 is 0 Å². The van der Waals surface area contributed by atoms with E-state index < -0.39 is 0 Å². The molecule has 1 heterocycles. The Bertz CT molecular complexity index is 294. The van der Waals surface area contributed by atoms with Gasteiger partial charge in [0, 0.05) is 32.3 Å². The van der Waals surface area contributed by atoms with Gasteiger partial charge in [0.15, 0.2) is 0 Å². The maximum atomic E-state index is 11.0. The molecular formula is C10H16N2O2. The minimum atomic E-state index is -0.123. The topological polar surface area (TPSA) is 44.1 Å². The van der Waals surface area contributed by atoms with Gasteiger partial charge in [0.1, 0.15) is 5.82 Å². The Morgan fingerprint density at radius 1 is 1.64 bits per heavy atom. The van der Waals surface area contributed by atoms with Crippen molar-refractivity contribution in [2.75, 3.05) is 6.61 Å². The van der Waals surface area contributed by atoms with Crippen LogP contribution in [0.4, 0.5) is 0 Å². The largest absolute Gasteiger partial charge is 0.466 e. The molecular weight excluding hydrogens is 180 g/mol. The number of esters is 1. The Morgan fingerprint density at radius 2 is 2.43 bits per heavy atom. The molecule has 4 heteroatoms. The molecule has 4 nitrogen and oxygen atoms in total. The number of imidazole rings is 1. The van der Waals surface area contributed by atoms with Crippen molar-refractivity contribution in [3.63, 3.8) is 0 Å². The van der Waals surface area contributed by atoms with Gasteiger partial charge in [-0.3, -0.25) is 4.79 Å². The zero-order valence-electron chi connectivity index (χ0n) is 8.69. The third-order valence-electron chi connectivity index (χ3n) is 2.01. The van der Waals surface area contributed by atoms with E-state index in [0.29, 0.717) is 13.0 Å². The number of ether oxygens (including phenoxy) is 1. The lowest BCUT2D eigenvalue weighted by Gasteiger charge is -2.02. The molecule has 0 radical (unpaired) electrons. The molecule has 1 aromatic heterocycles. The first kappa shape index (κ1) is 10.8. The Morgan fingerprint density at radius 3 is 3.00 bits per heavy atom. The highest BCUT2D eigenvalue weighted by Gasteiger charge is 2.03. The van der Waals surface area contributed by atoms with E-state index in [0.717, 1.165) is 18.7 Å². The molecule has 0 unspecified atom stereocenters. The van der Waals surface area contributed by atoms with Crippen LogP contribution in [0.1, 0.15) is 25.6 Å². The first-order chi connectivity index (χ1) is 6.74. The van der Waals surface area contributed by atoms with E-state index in [1.54, 1.807) is 6.20 Å². The van der Waals surface area contributed by atoms with E-state index in [1.165, 1.54) is 0 Å². The van der Waals surface area contributed by atoms with Crippen LogP contribution in [0.2, 0.25) is 0 Å². The first-order valence-corrected chi connectivity index (χ1v) is 4.86. The third-order valence-corrected chi connectivity index (χ3v) is 2.01. The minimum absolute atomic E-state index is 0.123. The number of carbonyl (C=O) groups excluding carboxylic acids is 1. The molecule has 0 saturated heterocycles. The third kappa shape index (κ3) is 3.20. The van der Waals surface area contributed by atoms with Gasteiger partial charge in [0.05, 0.1) is 6.61 Å². The van der Waals surface area contributed by atoms with Crippen LogP contribution in [0.3, 0.4) is 0 Å². The average molecular weight is 196 g/mol. The summed E-state index contributed by atoms with van der Waals surface area (Å²) in [6.07, 6.45) is 5.76. The molecule has 1 rings (SSSR count). The molecule has 1 aromatic rings. The van der Waals surface area contributed by atoms with Crippen molar-refractivity contribution in [3.05, 3.63) is 18.2 Å².